The molecule has 10 heavy (non-hydrogen) atoms. The molecular weight excluding hydrogens is 142 g/mol. The van der Waals surface area contributed by atoms with Gasteiger partial charge >= 0.3 is 0 Å². The standard InChI is InChI=1S/C8H9NS/c1-2-7(6-9-4-1)8-3-5-10-8/h1-2,4,6,8H,3,5H2. The average Bonchev–Trinajstić information content (AvgIpc) is 1.86. The van der Waals surface area contributed by atoms with Crippen molar-refractivity contribution in [3.63, 3.8) is 0 Å². The van der Waals surface area contributed by atoms with Crippen LogP contribution >= 0.6 is 11.8 Å². The van der Waals surface area contributed by atoms with Crippen molar-refractivity contribution in [2.24, 2.45) is 0 Å². The molecule has 1 fully saturated rings. The second-order valence-corrected chi connectivity index (χ2v) is 3.75. The summed E-state index contributed by atoms with van der Waals surface area (Å²) in [5, 5.41) is 0.744. The normalized spacial score (nSPS) is 23.8. The maximum atomic E-state index is 4.07. The average molecular weight is 151 g/mol. The molecule has 0 N–H and O–H groups in total. The van der Waals surface area contributed by atoms with Crippen LogP contribution in [0.1, 0.15) is 17.2 Å². The lowest BCUT2D eigenvalue weighted by molar-refractivity contribution is 0.843. The molecule has 2 heterocycles. The Morgan fingerprint density at radius 2 is 2.50 bits per heavy atom. The summed E-state index contributed by atoms with van der Waals surface area (Å²) < 4.78 is 0. The van der Waals surface area contributed by atoms with Crippen LogP contribution in [0.25, 0.3) is 0 Å². The summed E-state index contributed by atoms with van der Waals surface area (Å²) in [6, 6.07) is 4.16. The predicted molar refractivity (Wildman–Crippen MR) is 44.1 cm³/mol. The molecule has 1 aliphatic rings. The fraction of sp³-hybridized carbons (Fsp3) is 0.375. The Hall–Kier alpha value is -0.500. The Labute approximate surface area is 64.9 Å². The third-order valence-corrected chi connectivity index (χ3v) is 3.14. The van der Waals surface area contributed by atoms with E-state index in [0.29, 0.717) is 0 Å². The highest BCUT2D eigenvalue weighted by Gasteiger charge is 2.19. The van der Waals surface area contributed by atoms with E-state index in [-0.39, 0.29) is 0 Å². The van der Waals surface area contributed by atoms with E-state index in [1.54, 1.807) is 0 Å². The lowest BCUT2D eigenvalue weighted by Crippen LogP contribution is -2.06. The van der Waals surface area contributed by atoms with E-state index >= 15 is 0 Å². The Bertz CT molecular complexity index is 206. The van der Waals surface area contributed by atoms with Gasteiger partial charge in [-0.05, 0) is 23.8 Å². The zero-order valence-electron chi connectivity index (χ0n) is 5.66. The predicted octanol–water partition coefficient (Wildman–Crippen LogP) is 2.26. The molecule has 1 saturated heterocycles. The van der Waals surface area contributed by atoms with Crippen LogP contribution in [0, 0.1) is 0 Å². The third kappa shape index (κ3) is 1.03. The van der Waals surface area contributed by atoms with Crippen LogP contribution in [0.15, 0.2) is 24.5 Å². The number of hydrogen-bond donors (Lipinski definition) is 0. The largest absolute Gasteiger partial charge is 0.264 e. The molecule has 0 saturated carbocycles. The Morgan fingerprint density at radius 3 is 3.00 bits per heavy atom. The Balaban J connectivity index is 2.18. The van der Waals surface area contributed by atoms with E-state index in [0.717, 1.165) is 5.25 Å². The van der Waals surface area contributed by atoms with Gasteiger partial charge in [-0.2, -0.15) is 11.8 Å². The summed E-state index contributed by atoms with van der Waals surface area (Å²) in [5.41, 5.74) is 1.39. The van der Waals surface area contributed by atoms with Gasteiger partial charge in [0, 0.05) is 17.6 Å². The van der Waals surface area contributed by atoms with Gasteiger partial charge in [0.15, 0.2) is 0 Å². The minimum Gasteiger partial charge on any atom is -0.264 e. The van der Waals surface area contributed by atoms with Gasteiger partial charge in [0.2, 0.25) is 0 Å². The molecule has 1 nitrogen and oxygen atoms in total. The molecule has 1 unspecified atom stereocenters. The van der Waals surface area contributed by atoms with E-state index < -0.39 is 0 Å². The highest BCUT2D eigenvalue weighted by Crippen LogP contribution is 2.41. The van der Waals surface area contributed by atoms with E-state index in [2.05, 4.69) is 11.1 Å². The third-order valence-electron chi connectivity index (χ3n) is 1.76. The van der Waals surface area contributed by atoms with Crippen LogP contribution in [0.2, 0.25) is 0 Å². The van der Waals surface area contributed by atoms with Gasteiger partial charge in [0.25, 0.3) is 0 Å². The number of rotatable bonds is 1. The molecule has 0 amide bonds. The van der Waals surface area contributed by atoms with Crippen LogP contribution in [-0.4, -0.2) is 10.7 Å². The van der Waals surface area contributed by atoms with Crippen molar-refractivity contribution in [2.75, 3.05) is 5.75 Å². The molecule has 0 spiro atoms. The molecule has 1 atom stereocenters. The molecule has 2 heteroatoms. The van der Waals surface area contributed by atoms with Crippen molar-refractivity contribution in [3.8, 4) is 0 Å². The van der Waals surface area contributed by atoms with Gasteiger partial charge in [-0.25, -0.2) is 0 Å². The minimum atomic E-state index is 0.744. The first kappa shape index (κ1) is 6.23. The fourth-order valence-electron chi connectivity index (χ4n) is 1.07. The molecule has 0 bridgehead atoms. The number of hydrogen-bond acceptors (Lipinski definition) is 2. The quantitative estimate of drug-likeness (QED) is 0.610. The lowest BCUT2D eigenvalue weighted by Gasteiger charge is -2.24. The molecule has 0 aromatic carbocycles. The van der Waals surface area contributed by atoms with Crippen LogP contribution in [0.4, 0.5) is 0 Å². The van der Waals surface area contributed by atoms with Crippen molar-refractivity contribution < 1.29 is 0 Å². The second kappa shape index (κ2) is 2.62. The maximum Gasteiger partial charge on any atom is 0.0320 e. The first-order valence-corrected chi connectivity index (χ1v) is 4.53. The van der Waals surface area contributed by atoms with Gasteiger partial charge in [-0.3, -0.25) is 4.98 Å². The first-order chi connectivity index (χ1) is 4.97. The van der Waals surface area contributed by atoms with Crippen LogP contribution in [0.3, 0.4) is 0 Å². The van der Waals surface area contributed by atoms with E-state index in [1.165, 1.54) is 17.7 Å². The van der Waals surface area contributed by atoms with Crippen LogP contribution in [0.5, 0.6) is 0 Å². The lowest BCUT2D eigenvalue weighted by atomic mass is 10.1. The van der Waals surface area contributed by atoms with Gasteiger partial charge in [0.1, 0.15) is 0 Å². The maximum absolute atomic E-state index is 4.07. The van der Waals surface area contributed by atoms with E-state index in [1.807, 2.05) is 30.2 Å². The fourth-order valence-corrected chi connectivity index (χ4v) is 1.87. The minimum absolute atomic E-state index is 0.744. The zero-order chi connectivity index (χ0) is 6.81. The summed E-state index contributed by atoms with van der Waals surface area (Å²) in [5.74, 6) is 1.32. The topological polar surface area (TPSA) is 12.9 Å². The van der Waals surface area contributed by atoms with Crippen molar-refractivity contribution >= 4 is 11.8 Å². The monoisotopic (exact) mass is 151 g/mol. The molecule has 2 rings (SSSR count). The first-order valence-electron chi connectivity index (χ1n) is 3.48. The Morgan fingerprint density at radius 1 is 1.60 bits per heavy atom. The second-order valence-electron chi connectivity index (χ2n) is 2.43. The smallest absolute Gasteiger partial charge is 0.0320 e. The molecule has 1 aromatic heterocycles. The molecule has 1 aromatic rings. The van der Waals surface area contributed by atoms with E-state index in [4.69, 9.17) is 0 Å². The zero-order valence-corrected chi connectivity index (χ0v) is 6.47. The van der Waals surface area contributed by atoms with Crippen LogP contribution in [-0.2, 0) is 0 Å². The molecule has 0 radical (unpaired) electrons. The highest BCUT2D eigenvalue weighted by atomic mass is 32.2. The number of aromatic nitrogens is 1. The summed E-state index contributed by atoms with van der Waals surface area (Å²) in [7, 11) is 0. The number of nitrogens with zero attached hydrogens (tertiary/aromatic N) is 1. The van der Waals surface area contributed by atoms with Crippen molar-refractivity contribution in [1.29, 1.82) is 0 Å². The van der Waals surface area contributed by atoms with E-state index in [9.17, 15) is 0 Å². The highest BCUT2D eigenvalue weighted by molar-refractivity contribution is 8.00. The van der Waals surface area contributed by atoms with Gasteiger partial charge in [-0.15, -0.1) is 0 Å². The van der Waals surface area contributed by atoms with Gasteiger partial charge in [-0.1, -0.05) is 6.07 Å². The summed E-state index contributed by atoms with van der Waals surface area (Å²) in [6.45, 7) is 0. The van der Waals surface area contributed by atoms with Gasteiger partial charge < -0.3 is 0 Å². The number of thioether (sulfide) groups is 1. The summed E-state index contributed by atoms with van der Waals surface area (Å²) >= 11 is 2.02. The van der Waals surface area contributed by atoms with Crippen molar-refractivity contribution in [1.82, 2.24) is 4.98 Å². The Kier molecular flexibility index (Phi) is 1.63. The van der Waals surface area contributed by atoms with Crippen molar-refractivity contribution in [3.05, 3.63) is 30.1 Å². The molecule has 0 aliphatic carbocycles. The molecule has 52 valence electrons. The summed E-state index contributed by atoms with van der Waals surface area (Å²) in [6.07, 6.45) is 5.13. The summed E-state index contributed by atoms with van der Waals surface area (Å²) in [4.78, 5) is 4.07. The van der Waals surface area contributed by atoms with Gasteiger partial charge in [0.05, 0.1) is 0 Å². The van der Waals surface area contributed by atoms with Crippen LogP contribution < -0.4 is 0 Å². The van der Waals surface area contributed by atoms with Crippen molar-refractivity contribution in [2.45, 2.75) is 11.7 Å². The molecule has 1 aliphatic heterocycles. The number of pyridine rings is 1. The molecular formula is C8H9NS. The SMILES string of the molecule is c1cncc(C2CCS2)c1.